The zero-order chi connectivity index (χ0) is 22.1. The molecule has 1 atom stereocenters. The van der Waals surface area contributed by atoms with Crippen LogP contribution in [0.3, 0.4) is 0 Å². The van der Waals surface area contributed by atoms with Crippen molar-refractivity contribution in [1.82, 2.24) is 25.3 Å². The van der Waals surface area contributed by atoms with E-state index in [1.807, 2.05) is 17.9 Å². The van der Waals surface area contributed by atoms with Crippen molar-refractivity contribution in [3.05, 3.63) is 47.3 Å². The molecule has 2 rings (SSSR count). The summed E-state index contributed by atoms with van der Waals surface area (Å²) in [5, 5.41) is 11.2. The number of likely N-dealkylation sites (N-methyl/N-ethyl adjacent to an activating group) is 1. The van der Waals surface area contributed by atoms with E-state index >= 15 is 0 Å². The average Bonchev–Trinajstić information content (AvgIpc) is 3.11. The van der Waals surface area contributed by atoms with Crippen LogP contribution in [0.2, 0.25) is 0 Å². The molecule has 0 spiro atoms. The molecule has 0 saturated heterocycles. The fraction of sp³-hybridized carbons (Fsp3) is 0.565. The van der Waals surface area contributed by atoms with Crippen LogP contribution in [0.5, 0.6) is 5.75 Å². The number of hydrogen-bond acceptors (Lipinski definition) is 4. The fourth-order valence-corrected chi connectivity index (χ4v) is 3.15. The van der Waals surface area contributed by atoms with E-state index in [0.717, 1.165) is 36.8 Å². The van der Waals surface area contributed by atoms with E-state index in [0.29, 0.717) is 12.5 Å². The molecule has 8 heteroatoms. The number of ether oxygens (including phenoxy) is 1. The first kappa shape index (κ1) is 27.2. The molecule has 0 aliphatic rings. The normalized spacial score (nSPS) is 12.6. The van der Waals surface area contributed by atoms with Crippen molar-refractivity contribution in [2.75, 3.05) is 34.3 Å². The van der Waals surface area contributed by atoms with Crippen molar-refractivity contribution in [2.24, 2.45) is 18.0 Å². The van der Waals surface area contributed by atoms with Gasteiger partial charge in [-0.2, -0.15) is 5.10 Å². The maximum absolute atomic E-state index is 6.07. The van der Waals surface area contributed by atoms with E-state index in [4.69, 9.17) is 4.74 Å². The summed E-state index contributed by atoms with van der Waals surface area (Å²) in [6.45, 7) is 8.62. The van der Waals surface area contributed by atoms with Gasteiger partial charge in [0.25, 0.3) is 0 Å². The first-order chi connectivity index (χ1) is 14.3. The zero-order valence-corrected chi connectivity index (χ0v) is 22.3. The van der Waals surface area contributed by atoms with Crippen molar-refractivity contribution < 1.29 is 4.74 Å². The van der Waals surface area contributed by atoms with Crippen LogP contribution < -0.4 is 15.4 Å². The highest BCUT2D eigenvalue weighted by Gasteiger charge is 2.16. The van der Waals surface area contributed by atoms with Crippen molar-refractivity contribution in [3.63, 3.8) is 0 Å². The Morgan fingerprint density at radius 3 is 2.58 bits per heavy atom. The van der Waals surface area contributed by atoms with Gasteiger partial charge in [-0.1, -0.05) is 26.0 Å². The van der Waals surface area contributed by atoms with E-state index < -0.39 is 0 Å². The molecular formula is C23H39IN6O. The number of aliphatic imine (C=N–C) groups is 1. The number of rotatable bonds is 10. The predicted octanol–water partition coefficient (Wildman–Crippen LogP) is 3.74. The van der Waals surface area contributed by atoms with Crippen molar-refractivity contribution in [2.45, 2.75) is 39.8 Å². The monoisotopic (exact) mass is 542 g/mol. The van der Waals surface area contributed by atoms with Gasteiger partial charge in [0.05, 0.1) is 18.8 Å². The number of hydrogen-bond donors (Lipinski definition) is 2. The van der Waals surface area contributed by atoms with Crippen molar-refractivity contribution in [3.8, 4) is 5.75 Å². The topological polar surface area (TPSA) is 66.7 Å². The van der Waals surface area contributed by atoms with E-state index in [-0.39, 0.29) is 30.0 Å². The minimum atomic E-state index is 0. The molecule has 1 unspecified atom stereocenters. The molecule has 1 aromatic heterocycles. The summed E-state index contributed by atoms with van der Waals surface area (Å²) in [6, 6.07) is 6.55. The molecule has 0 radical (unpaired) electrons. The van der Waals surface area contributed by atoms with Crippen LogP contribution in [0, 0.1) is 12.8 Å². The summed E-state index contributed by atoms with van der Waals surface area (Å²) >= 11 is 0. The van der Waals surface area contributed by atoms with Gasteiger partial charge in [0.15, 0.2) is 5.96 Å². The third kappa shape index (κ3) is 9.06. The average molecular weight is 543 g/mol. The fourth-order valence-electron chi connectivity index (χ4n) is 3.15. The summed E-state index contributed by atoms with van der Waals surface area (Å²) in [5.74, 6) is 2.34. The Morgan fingerprint density at radius 1 is 1.26 bits per heavy atom. The van der Waals surface area contributed by atoms with Crippen LogP contribution in [-0.2, 0) is 13.6 Å². The Kier molecular flexibility index (Phi) is 11.9. The summed E-state index contributed by atoms with van der Waals surface area (Å²) in [7, 11) is 7.87. The summed E-state index contributed by atoms with van der Waals surface area (Å²) in [6.07, 6.45) is 5.01. The first-order valence-electron chi connectivity index (χ1n) is 10.6. The zero-order valence-electron chi connectivity index (χ0n) is 20.0. The Morgan fingerprint density at radius 2 is 2.00 bits per heavy atom. The van der Waals surface area contributed by atoms with Crippen LogP contribution in [0.25, 0.3) is 0 Å². The third-order valence-electron chi connectivity index (χ3n) is 5.04. The van der Waals surface area contributed by atoms with Gasteiger partial charge in [0.1, 0.15) is 5.75 Å². The molecule has 0 amide bonds. The highest BCUT2D eigenvalue weighted by Crippen LogP contribution is 2.21. The second-order valence-corrected chi connectivity index (χ2v) is 8.38. The lowest BCUT2D eigenvalue weighted by Gasteiger charge is -2.24. The molecular weight excluding hydrogens is 503 g/mol. The van der Waals surface area contributed by atoms with Gasteiger partial charge >= 0.3 is 0 Å². The molecule has 1 heterocycles. The quantitative estimate of drug-likeness (QED) is 0.272. The van der Waals surface area contributed by atoms with E-state index in [1.54, 1.807) is 7.05 Å². The van der Waals surface area contributed by atoms with Crippen molar-refractivity contribution >= 4 is 29.9 Å². The summed E-state index contributed by atoms with van der Waals surface area (Å²) in [5.41, 5.74) is 3.50. The number of guanidine groups is 1. The standard InChI is InChI=1S/C23H38N6O.HI/c1-17(2)10-11-30-22-12-18(3)8-9-19(22)13-25-23(24-4)26-15-21(28(5)6)20-14-27-29(7)16-20;/h8-9,12,14,16-17,21H,10-11,13,15H2,1-7H3,(H2,24,25,26);1H. The minimum Gasteiger partial charge on any atom is -0.493 e. The van der Waals surface area contributed by atoms with Gasteiger partial charge in [-0.05, 0) is 45.0 Å². The number of halogens is 1. The Hall–Kier alpha value is -1.81. The maximum Gasteiger partial charge on any atom is 0.191 e. The molecule has 2 N–H and O–H groups in total. The van der Waals surface area contributed by atoms with E-state index in [1.165, 1.54) is 11.1 Å². The molecule has 174 valence electrons. The molecule has 31 heavy (non-hydrogen) atoms. The lowest BCUT2D eigenvalue weighted by Crippen LogP contribution is -2.41. The highest BCUT2D eigenvalue weighted by molar-refractivity contribution is 14.0. The third-order valence-corrected chi connectivity index (χ3v) is 5.04. The Balaban J connectivity index is 0.00000480. The van der Waals surface area contributed by atoms with E-state index in [2.05, 4.69) is 84.9 Å². The SMILES string of the molecule is CN=C(NCc1ccc(C)cc1OCCC(C)C)NCC(c1cnn(C)c1)N(C)C.I. The number of nitrogens with zero attached hydrogens (tertiary/aromatic N) is 4. The predicted molar refractivity (Wildman–Crippen MR) is 139 cm³/mol. The summed E-state index contributed by atoms with van der Waals surface area (Å²) in [4.78, 5) is 6.56. The molecule has 0 saturated carbocycles. The lowest BCUT2D eigenvalue weighted by atomic mass is 10.1. The molecule has 0 fully saturated rings. The minimum absolute atomic E-state index is 0. The number of aryl methyl sites for hydroxylation is 2. The Labute approximate surface area is 204 Å². The van der Waals surface area contributed by atoms with Crippen LogP contribution in [0.1, 0.15) is 43.0 Å². The van der Waals surface area contributed by atoms with Gasteiger partial charge in [-0.3, -0.25) is 9.67 Å². The van der Waals surface area contributed by atoms with Gasteiger partial charge in [-0.25, -0.2) is 0 Å². The molecule has 7 nitrogen and oxygen atoms in total. The number of benzene rings is 1. The number of nitrogens with one attached hydrogen (secondary N) is 2. The molecule has 2 aromatic rings. The molecule has 0 bridgehead atoms. The van der Waals surface area contributed by atoms with Gasteiger partial charge < -0.3 is 20.3 Å². The molecule has 0 aliphatic heterocycles. The van der Waals surface area contributed by atoms with Gasteiger partial charge in [-0.15, -0.1) is 24.0 Å². The summed E-state index contributed by atoms with van der Waals surface area (Å²) < 4.78 is 7.90. The van der Waals surface area contributed by atoms with Crippen LogP contribution >= 0.6 is 24.0 Å². The highest BCUT2D eigenvalue weighted by atomic mass is 127. The van der Waals surface area contributed by atoms with E-state index in [9.17, 15) is 0 Å². The van der Waals surface area contributed by atoms with Crippen LogP contribution in [-0.4, -0.2) is 54.9 Å². The molecule has 1 aromatic carbocycles. The second-order valence-electron chi connectivity index (χ2n) is 8.38. The maximum atomic E-state index is 6.07. The Bertz CT molecular complexity index is 818. The lowest BCUT2D eigenvalue weighted by molar-refractivity contribution is 0.286. The van der Waals surface area contributed by atoms with Gasteiger partial charge in [0.2, 0.25) is 0 Å². The van der Waals surface area contributed by atoms with Crippen LogP contribution in [0.4, 0.5) is 0 Å². The van der Waals surface area contributed by atoms with Crippen LogP contribution in [0.15, 0.2) is 35.6 Å². The molecule has 0 aliphatic carbocycles. The largest absolute Gasteiger partial charge is 0.493 e. The van der Waals surface area contributed by atoms with Gasteiger partial charge in [0, 0.05) is 44.5 Å². The second kappa shape index (κ2) is 13.6. The number of aromatic nitrogens is 2. The van der Waals surface area contributed by atoms with Crippen molar-refractivity contribution in [1.29, 1.82) is 0 Å². The first-order valence-corrected chi connectivity index (χ1v) is 10.6. The smallest absolute Gasteiger partial charge is 0.191 e.